The lowest BCUT2D eigenvalue weighted by atomic mass is 9.51. The Morgan fingerprint density at radius 1 is 0.982 bits per heavy atom. The molecule has 55 heavy (non-hydrogen) atoms. The molecular weight excluding hydrogens is 804 g/mol. The predicted molar refractivity (Wildman–Crippen MR) is 214 cm³/mol. The van der Waals surface area contributed by atoms with E-state index in [0.717, 1.165) is 30.6 Å². The van der Waals surface area contributed by atoms with Crippen molar-refractivity contribution in [2.45, 2.75) is 39.5 Å². The summed E-state index contributed by atoms with van der Waals surface area (Å²) in [6.45, 7) is 5.97. The molecule has 3 fully saturated rings. The van der Waals surface area contributed by atoms with Gasteiger partial charge in [0.25, 0.3) is 0 Å². The van der Waals surface area contributed by atoms with Crippen molar-refractivity contribution in [3.05, 3.63) is 99.0 Å². The molecule has 4 aliphatic rings. The molecular formula is C42H36BrClN4O6S. The Kier molecular flexibility index (Phi) is 8.41. The summed E-state index contributed by atoms with van der Waals surface area (Å²) in [4.78, 5) is 62.0. The third-order valence-electron chi connectivity index (χ3n) is 12.2. The van der Waals surface area contributed by atoms with Crippen LogP contribution in [0.15, 0.2) is 82.9 Å². The number of anilines is 2. The first-order chi connectivity index (χ1) is 26.3. The van der Waals surface area contributed by atoms with Gasteiger partial charge in [-0.15, -0.1) is 11.3 Å². The first-order valence-electron chi connectivity index (χ1n) is 18.2. The minimum absolute atomic E-state index is 0.0456. The smallest absolute Gasteiger partial charge is 0.242 e. The van der Waals surface area contributed by atoms with Crippen molar-refractivity contribution in [1.82, 2.24) is 9.78 Å². The third-order valence-corrected chi connectivity index (χ3v) is 14.3. The topological polar surface area (TPSA) is 122 Å². The molecule has 2 aromatic heterocycles. The number of imide groups is 2. The Labute approximate surface area is 334 Å². The molecule has 4 amide bonds. The molecule has 6 atom stereocenters. The molecule has 0 unspecified atom stereocenters. The number of ether oxygens (including phenoxy) is 1. The average molecular weight is 840 g/mol. The lowest BCUT2D eigenvalue weighted by Crippen LogP contribution is -2.49. The van der Waals surface area contributed by atoms with Crippen LogP contribution in [0.25, 0.3) is 20.7 Å². The van der Waals surface area contributed by atoms with Crippen molar-refractivity contribution >= 4 is 84.1 Å². The van der Waals surface area contributed by atoms with E-state index in [1.807, 2.05) is 45.0 Å². The summed E-state index contributed by atoms with van der Waals surface area (Å²) in [5, 5.41) is 17.2. The second kappa shape index (κ2) is 12.9. The molecule has 3 aromatic carbocycles. The molecule has 2 saturated heterocycles. The van der Waals surface area contributed by atoms with Crippen LogP contribution in [0, 0.1) is 36.0 Å². The van der Waals surface area contributed by atoms with E-state index in [9.17, 15) is 19.5 Å². The summed E-state index contributed by atoms with van der Waals surface area (Å²) in [5.74, 6) is -4.06. The number of phenolic OH excluding ortho intramolecular Hbond substituents is 1. The molecule has 0 spiro atoms. The van der Waals surface area contributed by atoms with Crippen LogP contribution < -0.4 is 14.5 Å². The van der Waals surface area contributed by atoms with Crippen molar-refractivity contribution < 1.29 is 29.0 Å². The lowest BCUT2D eigenvalue weighted by molar-refractivity contribution is -0.131. The van der Waals surface area contributed by atoms with Gasteiger partial charge in [0.1, 0.15) is 11.5 Å². The van der Waals surface area contributed by atoms with Crippen LogP contribution in [0.4, 0.5) is 11.5 Å². The Morgan fingerprint density at radius 2 is 1.75 bits per heavy atom. The molecule has 13 heteroatoms. The van der Waals surface area contributed by atoms with Crippen molar-refractivity contribution in [1.29, 1.82) is 0 Å². The molecule has 9 rings (SSSR count). The highest BCUT2D eigenvalue weighted by Gasteiger charge is 2.68. The number of aromatic hydroxyl groups is 1. The van der Waals surface area contributed by atoms with Gasteiger partial charge in [0.2, 0.25) is 23.6 Å². The lowest BCUT2D eigenvalue weighted by Gasteiger charge is -2.49. The van der Waals surface area contributed by atoms with Crippen molar-refractivity contribution in [3.8, 4) is 22.1 Å². The van der Waals surface area contributed by atoms with Gasteiger partial charge in [-0.2, -0.15) is 5.10 Å². The van der Waals surface area contributed by atoms with Gasteiger partial charge in [-0.25, -0.2) is 4.90 Å². The maximum absolute atomic E-state index is 15.2. The molecule has 280 valence electrons. The fourth-order valence-corrected chi connectivity index (χ4v) is 11.2. The Morgan fingerprint density at radius 3 is 2.49 bits per heavy atom. The standard InChI is InChI=1S/C42H36BrClN4O6S/c1-5-54-32-16-21(6-14-31(32)49)36-25-12-13-26-35(40(52)47(38(26)50)24-10-7-22(43)8-11-24)28(25)18-29-39(51)48(41(53)42(29,36)3)34-19-30(45-46(34)4)37-20(2)27-17-23(44)9-15-33(27)55-37/h6-12,14-17,19,26,28-29,35-36,49H,5,13,18H2,1-4H3/t26-,28+,29-,35-,36-,42+/m0/s1. The second-order valence-corrected chi connectivity index (χ2v) is 17.4. The number of thiophene rings is 1. The minimum atomic E-state index is -1.28. The molecule has 1 saturated carbocycles. The zero-order valence-corrected chi connectivity index (χ0v) is 33.5. The van der Waals surface area contributed by atoms with Crippen molar-refractivity contribution in [3.63, 3.8) is 0 Å². The number of carbonyl (C=O) groups excluding carboxylic acids is 4. The number of phenols is 1. The first kappa shape index (κ1) is 35.9. The summed E-state index contributed by atoms with van der Waals surface area (Å²) in [7, 11) is 1.72. The summed E-state index contributed by atoms with van der Waals surface area (Å²) < 4.78 is 9.24. The normalized spacial score (nSPS) is 26.1. The predicted octanol–water partition coefficient (Wildman–Crippen LogP) is 8.57. The monoisotopic (exact) mass is 838 g/mol. The molecule has 10 nitrogen and oxygen atoms in total. The van der Waals surface area contributed by atoms with Crippen LogP contribution in [0.1, 0.15) is 43.7 Å². The fraction of sp³-hybridized carbons (Fsp3) is 0.310. The first-order valence-corrected chi connectivity index (χ1v) is 20.2. The summed E-state index contributed by atoms with van der Waals surface area (Å²) in [5.41, 5.74) is 2.37. The highest BCUT2D eigenvalue weighted by atomic mass is 79.9. The molecule has 2 aliphatic heterocycles. The Balaban J connectivity index is 1.16. The number of aromatic nitrogens is 2. The zero-order chi connectivity index (χ0) is 38.7. The largest absolute Gasteiger partial charge is 0.504 e. The van der Waals surface area contributed by atoms with Gasteiger partial charge in [0.05, 0.1) is 40.3 Å². The number of benzene rings is 3. The van der Waals surface area contributed by atoms with Gasteiger partial charge in [-0.3, -0.25) is 28.8 Å². The van der Waals surface area contributed by atoms with E-state index >= 15 is 4.79 Å². The quantitative estimate of drug-likeness (QED) is 0.134. The molecule has 5 aromatic rings. The molecule has 0 bridgehead atoms. The van der Waals surface area contributed by atoms with Crippen LogP contribution >= 0.6 is 38.9 Å². The van der Waals surface area contributed by atoms with E-state index in [4.69, 9.17) is 21.4 Å². The number of rotatable bonds is 6. The number of nitrogens with zero attached hydrogens (tertiary/aromatic N) is 4. The maximum atomic E-state index is 15.2. The van der Waals surface area contributed by atoms with Crippen LogP contribution in [0.5, 0.6) is 11.5 Å². The second-order valence-electron chi connectivity index (χ2n) is 15.0. The molecule has 4 heterocycles. The van der Waals surface area contributed by atoms with E-state index in [1.54, 1.807) is 71.6 Å². The van der Waals surface area contributed by atoms with Crippen LogP contribution in [-0.2, 0) is 26.2 Å². The van der Waals surface area contributed by atoms with Crippen molar-refractivity contribution in [2.75, 3.05) is 16.4 Å². The number of carbonyl (C=O) groups is 4. The van der Waals surface area contributed by atoms with Gasteiger partial charge in [0, 0.05) is 33.2 Å². The zero-order valence-electron chi connectivity index (χ0n) is 30.4. The number of amides is 4. The Hall–Kier alpha value is -4.78. The average Bonchev–Trinajstić information content (AvgIpc) is 3.83. The molecule has 0 radical (unpaired) electrons. The van der Waals surface area contributed by atoms with Crippen LogP contribution in [-0.4, -0.2) is 45.1 Å². The summed E-state index contributed by atoms with van der Waals surface area (Å²) in [6.07, 6.45) is 2.55. The molecule has 2 aliphatic carbocycles. The SMILES string of the molecule is CCOc1cc([C@H]2C3=CC[C@@H]4C(=O)N(c5ccc(Br)cc5)C(=O)[C@@H]4[C@@H]3C[C@H]3C(=O)N(c4cc(-c5sc6ccc(Cl)cc6c5C)nn4C)C(=O)[C@@]23C)ccc1O. The maximum Gasteiger partial charge on any atom is 0.242 e. The molecule has 1 N–H and O–H groups in total. The van der Waals surface area contributed by atoms with Gasteiger partial charge in [0.15, 0.2) is 11.5 Å². The van der Waals surface area contributed by atoms with Crippen molar-refractivity contribution in [2.24, 2.45) is 36.1 Å². The van der Waals surface area contributed by atoms with E-state index in [-0.39, 0.29) is 41.5 Å². The van der Waals surface area contributed by atoms with Crippen LogP contribution in [0.2, 0.25) is 5.02 Å². The van der Waals surface area contributed by atoms with E-state index < -0.39 is 35.0 Å². The van der Waals surface area contributed by atoms with Gasteiger partial charge < -0.3 is 9.84 Å². The summed E-state index contributed by atoms with van der Waals surface area (Å²) >= 11 is 11.3. The highest BCUT2D eigenvalue weighted by molar-refractivity contribution is 9.10. The number of allylic oxidation sites excluding steroid dienone is 2. The number of hydrogen-bond donors (Lipinski definition) is 1. The van der Waals surface area contributed by atoms with E-state index in [1.165, 1.54) is 9.80 Å². The highest BCUT2D eigenvalue weighted by Crippen LogP contribution is 2.64. The van der Waals surface area contributed by atoms with Gasteiger partial charge in [-0.1, -0.05) is 45.2 Å². The van der Waals surface area contributed by atoms with E-state index in [2.05, 4.69) is 15.9 Å². The number of aryl methyl sites for hydroxylation is 2. The third kappa shape index (κ3) is 5.20. The number of fused-ring (bicyclic) bond motifs is 5. The van der Waals surface area contributed by atoms with E-state index in [0.29, 0.717) is 40.8 Å². The Bertz CT molecular complexity index is 2530. The minimum Gasteiger partial charge on any atom is -0.504 e. The number of halogens is 2. The van der Waals surface area contributed by atoms with Crippen LogP contribution in [0.3, 0.4) is 0 Å². The van der Waals surface area contributed by atoms with Gasteiger partial charge in [-0.05, 0) is 111 Å². The summed E-state index contributed by atoms with van der Waals surface area (Å²) in [6, 6.07) is 19.6. The number of hydrogen-bond acceptors (Lipinski definition) is 8. The fourth-order valence-electron chi connectivity index (χ4n) is 9.66. The van der Waals surface area contributed by atoms with Gasteiger partial charge >= 0.3 is 0 Å².